The highest BCUT2D eigenvalue weighted by Gasteiger charge is 2.11. The van der Waals surface area contributed by atoms with Gasteiger partial charge in [-0.2, -0.15) is 0 Å². The number of rotatable bonds is 1. The van der Waals surface area contributed by atoms with Crippen LogP contribution >= 0.6 is 15.9 Å². The highest BCUT2D eigenvalue weighted by molar-refractivity contribution is 9.10. The first-order valence-corrected chi connectivity index (χ1v) is 4.05. The average Bonchev–Trinajstić information content (AvgIpc) is 2.45. The molecule has 2 rings (SSSR count). The summed E-state index contributed by atoms with van der Waals surface area (Å²) in [5.41, 5.74) is 0. The maximum atomic E-state index is 7.98. The lowest BCUT2D eigenvalue weighted by Crippen LogP contribution is -2.30. The van der Waals surface area contributed by atoms with Gasteiger partial charge in [0.15, 0.2) is 5.82 Å². The Morgan fingerprint density at radius 3 is 2.85 bits per heavy atom. The molecule has 0 aliphatic carbocycles. The van der Waals surface area contributed by atoms with E-state index >= 15 is 0 Å². The second-order valence-corrected chi connectivity index (χ2v) is 2.75. The lowest BCUT2D eigenvalue weighted by atomic mass is 10.1. The smallest absolute Gasteiger partial charge is 0.151 e. The van der Waals surface area contributed by atoms with Crippen molar-refractivity contribution in [3.8, 4) is 0 Å². The third-order valence-corrected chi connectivity index (χ3v) is 1.54. The topological polar surface area (TPSA) is 29.0 Å². The first-order chi connectivity index (χ1) is 11.0. The summed E-state index contributed by atoms with van der Waals surface area (Å²) in [7, 11) is 0. The zero-order chi connectivity index (χ0) is 19.8. The fourth-order valence-electron chi connectivity index (χ4n) is 0.682. The van der Waals surface area contributed by atoms with Crippen molar-refractivity contribution in [2.75, 3.05) is 17.9 Å². The summed E-state index contributed by atoms with van der Waals surface area (Å²) in [5.74, 6) is -0.911. The van der Waals surface area contributed by atoms with E-state index in [1.165, 1.54) is 0 Å². The SMILES string of the molecule is [2H]c1c(Br)nnc(N2C([2H])([2H])C([2H])([2H])C([2H])([2H])C([2H])([2H])C2([2H])[2H])c1[2H]. The molecule has 1 aliphatic rings. The Morgan fingerprint density at radius 1 is 1.31 bits per heavy atom. The van der Waals surface area contributed by atoms with E-state index in [1.807, 2.05) is 0 Å². The first-order valence-electron chi connectivity index (χ1n) is 9.26. The van der Waals surface area contributed by atoms with Crippen LogP contribution in [0, 0.1) is 0 Å². The number of hydrogen-bond donors (Lipinski definition) is 0. The van der Waals surface area contributed by atoms with Gasteiger partial charge < -0.3 is 4.90 Å². The lowest BCUT2D eigenvalue weighted by molar-refractivity contribution is 0.571. The largest absolute Gasteiger partial charge is 0.355 e. The molecule has 0 unspecified atom stereocenters. The Bertz CT molecular complexity index is 690. The molecule has 0 bridgehead atoms. The van der Waals surface area contributed by atoms with Gasteiger partial charge in [-0.05, 0) is 47.1 Å². The Kier molecular flexibility index (Phi) is 0.772. The number of halogens is 1. The van der Waals surface area contributed by atoms with E-state index < -0.39 is 50.0 Å². The number of anilines is 1. The zero-order valence-corrected chi connectivity index (χ0v) is 7.81. The monoisotopic (exact) mass is 253 g/mol. The van der Waals surface area contributed by atoms with Gasteiger partial charge in [-0.15, -0.1) is 10.2 Å². The minimum atomic E-state index is -3.56. The van der Waals surface area contributed by atoms with Crippen LogP contribution in [-0.2, 0) is 0 Å². The van der Waals surface area contributed by atoms with Gasteiger partial charge in [-0.3, -0.25) is 0 Å². The molecule has 0 aromatic carbocycles. The van der Waals surface area contributed by atoms with Gasteiger partial charge in [-0.25, -0.2) is 0 Å². The molecule has 70 valence electrons. The van der Waals surface area contributed by atoms with Crippen LogP contribution in [0.15, 0.2) is 16.7 Å². The highest BCUT2D eigenvalue weighted by atomic mass is 79.9. The summed E-state index contributed by atoms with van der Waals surface area (Å²) in [6.45, 7) is -6.90. The molecular weight excluding hydrogens is 230 g/mol. The fraction of sp³-hybridized carbons (Fsp3) is 0.556. The molecule has 1 aliphatic heterocycles. The van der Waals surface area contributed by atoms with Crippen molar-refractivity contribution in [1.82, 2.24) is 10.2 Å². The maximum absolute atomic E-state index is 7.98. The van der Waals surface area contributed by atoms with Crippen LogP contribution in [0.1, 0.15) is 35.6 Å². The molecule has 0 amide bonds. The molecule has 0 N–H and O–H groups in total. The van der Waals surface area contributed by atoms with Gasteiger partial charge in [0.1, 0.15) is 4.60 Å². The normalized spacial score (nSPS) is 50.4. The Hall–Kier alpha value is -0.640. The van der Waals surface area contributed by atoms with Gasteiger partial charge in [-0.1, -0.05) is 0 Å². The maximum Gasteiger partial charge on any atom is 0.151 e. The van der Waals surface area contributed by atoms with Gasteiger partial charge in [0.25, 0.3) is 0 Å². The van der Waals surface area contributed by atoms with E-state index in [9.17, 15) is 0 Å². The molecule has 13 heavy (non-hydrogen) atoms. The quantitative estimate of drug-likeness (QED) is 0.769. The van der Waals surface area contributed by atoms with Crippen LogP contribution in [0.3, 0.4) is 0 Å². The first kappa shape index (κ1) is 2.48. The molecule has 4 heteroatoms. The molecule has 1 saturated heterocycles. The molecular formula is C9H12BrN3. The number of aromatic nitrogens is 2. The van der Waals surface area contributed by atoms with E-state index in [0.717, 1.165) is 0 Å². The fourth-order valence-corrected chi connectivity index (χ4v) is 0.861. The van der Waals surface area contributed by atoms with Crippen molar-refractivity contribution in [2.24, 2.45) is 0 Å². The third kappa shape index (κ3) is 2.18. The average molecular weight is 254 g/mol. The van der Waals surface area contributed by atoms with Crippen LogP contribution in [0.5, 0.6) is 0 Å². The number of nitrogens with zero attached hydrogens (tertiary/aromatic N) is 3. The summed E-state index contributed by atoms with van der Waals surface area (Å²) in [4.78, 5) is -0.0822. The van der Waals surface area contributed by atoms with Crippen molar-refractivity contribution >= 4 is 21.7 Å². The molecule has 1 aromatic rings. The minimum absolute atomic E-state index is 0.0822. The van der Waals surface area contributed by atoms with E-state index in [0.29, 0.717) is 0 Å². The third-order valence-electron chi connectivity index (χ3n) is 1.18. The predicted molar refractivity (Wildman–Crippen MR) is 55.8 cm³/mol. The van der Waals surface area contributed by atoms with E-state index in [-0.39, 0.29) is 9.50 Å². The lowest BCUT2D eigenvalue weighted by Gasteiger charge is -2.26. The molecule has 0 spiro atoms. The van der Waals surface area contributed by atoms with Crippen molar-refractivity contribution < 1.29 is 16.4 Å². The molecule has 2 heterocycles. The van der Waals surface area contributed by atoms with Gasteiger partial charge >= 0.3 is 0 Å². The summed E-state index contributed by atoms with van der Waals surface area (Å²) in [5, 5.41) is 6.84. The Labute approximate surface area is 103 Å². The molecule has 0 radical (unpaired) electrons. The van der Waals surface area contributed by atoms with Crippen LogP contribution in [0.4, 0.5) is 5.82 Å². The molecule has 0 atom stereocenters. The summed E-state index contributed by atoms with van der Waals surface area (Å²) < 4.78 is 93.9. The Balaban J connectivity index is 2.87. The minimum Gasteiger partial charge on any atom is -0.355 e. The second kappa shape index (κ2) is 4.05. The van der Waals surface area contributed by atoms with Crippen molar-refractivity contribution in [2.45, 2.75) is 19.1 Å². The summed E-state index contributed by atoms with van der Waals surface area (Å²) in [6.07, 6.45) is -10.6. The summed E-state index contributed by atoms with van der Waals surface area (Å²) >= 11 is 2.83. The molecule has 1 fully saturated rings. The number of hydrogen-bond acceptors (Lipinski definition) is 3. The van der Waals surface area contributed by atoms with Crippen LogP contribution in [0.2, 0.25) is 0 Å². The second-order valence-electron chi connectivity index (χ2n) is 2.00. The van der Waals surface area contributed by atoms with Gasteiger partial charge in [0.2, 0.25) is 0 Å². The van der Waals surface area contributed by atoms with Crippen LogP contribution in [-0.4, -0.2) is 23.2 Å². The molecule has 3 nitrogen and oxygen atoms in total. The van der Waals surface area contributed by atoms with Gasteiger partial charge in [0.05, 0.1) is 2.74 Å². The van der Waals surface area contributed by atoms with Crippen LogP contribution < -0.4 is 4.90 Å². The molecule has 1 aromatic heterocycles. The van der Waals surface area contributed by atoms with Crippen molar-refractivity contribution in [3.63, 3.8) is 0 Å². The standard InChI is InChI=1S/C9H12BrN3/c10-8-4-5-9(12-11-8)13-6-2-1-3-7-13/h4-5H,1-3,6-7H2/i1D2,2D2,3D2,4D,5D,6D2,7D2. The molecule has 0 saturated carbocycles. The Morgan fingerprint density at radius 2 is 2.08 bits per heavy atom. The van der Waals surface area contributed by atoms with Crippen molar-refractivity contribution in [1.29, 1.82) is 0 Å². The van der Waals surface area contributed by atoms with E-state index in [1.54, 1.807) is 0 Å². The zero-order valence-electron chi connectivity index (χ0n) is 18.2. The predicted octanol–water partition coefficient (Wildman–Crippen LogP) is 2.23. The van der Waals surface area contributed by atoms with Crippen molar-refractivity contribution in [3.05, 3.63) is 16.7 Å². The van der Waals surface area contributed by atoms with Crippen LogP contribution in [0.25, 0.3) is 0 Å². The highest BCUT2D eigenvalue weighted by Crippen LogP contribution is 2.17. The van der Waals surface area contributed by atoms with E-state index in [2.05, 4.69) is 26.1 Å². The van der Waals surface area contributed by atoms with E-state index in [4.69, 9.17) is 16.4 Å². The number of piperidine rings is 1. The van der Waals surface area contributed by atoms with Gasteiger partial charge in [0, 0.05) is 26.7 Å². The summed E-state index contributed by atoms with van der Waals surface area (Å²) in [6, 6.07) is -1.41.